The van der Waals surface area contributed by atoms with Crippen molar-refractivity contribution in [3.8, 4) is 0 Å². The quantitative estimate of drug-likeness (QED) is 0.254. The van der Waals surface area contributed by atoms with Crippen molar-refractivity contribution >= 4 is 12.2 Å². The molecule has 0 spiro atoms. The van der Waals surface area contributed by atoms with E-state index < -0.39 is 30.1 Å². The maximum absolute atomic E-state index is 13.1. The molecule has 2 unspecified atom stereocenters. The van der Waals surface area contributed by atoms with E-state index in [1.165, 1.54) is 5.56 Å². The van der Waals surface area contributed by atoms with Gasteiger partial charge in [0.2, 0.25) is 0 Å². The number of aliphatic hydroxyl groups is 1. The highest BCUT2D eigenvalue weighted by atomic mass is 16.6. The molecule has 0 aliphatic heterocycles. The molecule has 3 aromatic rings. The number of rotatable bonds is 12. The minimum atomic E-state index is -1.13. The Morgan fingerprint density at radius 1 is 0.923 bits per heavy atom. The number of aryl methyl sites for hydroxylation is 1. The van der Waals surface area contributed by atoms with Gasteiger partial charge in [-0.05, 0) is 55.7 Å². The van der Waals surface area contributed by atoms with E-state index in [4.69, 9.17) is 9.47 Å². The summed E-state index contributed by atoms with van der Waals surface area (Å²) < 4.78 is 11.2. The average molecular weight is 532 g/mol. The zero-order valence-corrected chi connectivity index (χ0v) is 22.1. The van der Waals surface area contributed by atoms with Gasteiger partial charge >= 0.3 is 12.2 Å². The van der Waals surface area contributed by atoms with Crippen molar-refractivity contribution < 1.29 is 24.2 Å². The fraction of sp³-hybridized carbons (Fsp3) is 0.387. The second-order valence-corrected chi connectivity index (χ2v) is 10.0. The van der Waals surface area contributed by atoms with Crippen molar-refractivity contribution in [2.24, 2.45) is 0 Å². The summed E-state index contributed by atoms with van der Waals surface area (Å²) in [7, 11) is 0. The third-order valence-corrected chi connectivity index (χ3v) is 6.97. The Morgan fingerprint density at radius 3 is 2.31 bits per heavy atom. The summed E-state index contributed by atoms with van der Waals surface area (Å²) in [5, 5.41) is 16.5. The fourth-order valence-corrected chi connectivity index (χ4v) is 4.94. The number of alkyl carbamates (subject to hydrolysis) is 2. The first-order valence-corrected chi connectivity index (χ1v) is 13.6. The van der Waals surface area contributed by atoms with E-state index in [-0.39, 0.29) is 6.61 Å². The molecule has 8 heteroatoms. The molecule has 1 aliphatic rings. The van der Waals surface area contributed by atoms with Crippen LogP contribution in [-0.4, -0.2) is 34.1 Å². The van der Waals surface area contributed by atoms with Gasteiger partial charge in [0.15, 0.2) is 5.72 Å². The van der Waals surface area contributed by atoms with E-state index in [9.17, 15) is 14.7 Å². The molecule has 3 N–H and O–H groups in total. The highest BCUT2D eigenvalue weighted by molar-refractivity contribution is 5.71. The van der Waals surface area contributed by atoms with Crippen LogP contribution >= 0.6 is 0 Å². The van der Waals surface area contributed by atoms with Gasteiger partial charge in [0.25, 0.3) is 0 Å². The lowest BCUT2D eigenvalue weighted by Gasteiger charge is -2.31. The van der Waals surface area contributed by atoms with Crippen molar-refractivity contribution in [2.75, 3.05) is 0 Å². The fourth-order valence-electron chi connectivity index (χ4n) is 4.94. The summed E-state index contributed by atoms with van der Waals surface area (Å²) in [4.78, 5) is 29.7. The van der Waals surface area contributed by atoms with Crippen LogP contribution in [-0.2, 0) is 22.5 Å². The topological polar surface area (TPSA) is 110 Å². The molecule has 1 saturated carbocycles. The molecule has 1 aliphatic carbocycles. The number of ether oxygens (including phenoxy) is 2. The lowest BCUT2D eigenvalue weighted by molar-refractivity contribution is -0.0133. The van der Waals surface area contributed by atoms with Gasteiger partial charge in [-0.3, -0.25) is 10.3 Å². The predicted octanol–water partition coefficient (Wildman–Crippen LogP) is 5.82. The highest BCUT2D eigenvalue weighted by Crippen LogP contribution is 2.32. The summed E-state index contributed by atoms with van der Waals surface area (Å²) in [6.45, 7) is 0.0696. The van der Waals surface area contributed by atoms with Crippen LogP contribution in [0.3, 0.4) is 0 Å². The van der Waals surface area contributed by atoms with Gasteiger partial charge in [-0.15, -0.1) is 0 Å². The van der Waals surface area contributed by atoms with Gasteiger partial charge in [-0.25, -0.2) is 9.59 Å². The maximum Gasteiger partial charge on any atom is 0.410 e. The second-order valence-electron chi connectivity index (χ2n) is 10.0. The van der Waals surface area contributed by atoms with E-state index >= 15 is 0 Å². The number of hydrogen-bond donors (Lipinski definition) is 3. The van der Waals surface area contributed by atoms with Crippen LogP contribution in [0.4, 0.5) is 9.59 Å². The molecule has 1 heterocycles. The highest BCUT2D eigenvalue weighted by Gasteiger charge is 2.40. The monoisotopic (exact) mass is 531 g/mol. The summed E-state index contributed by atoms with van der Waals surface area (Å²) >= 11 is 0. The van der Waals surface area contributed by atoms with Crippen molar-refractivity contribution in [3.05, 3.63) is 102 Å². The number of aliphatic hydroxyl groups excluding tert-OH is 1. The molecule has 0 bridgehead atoms. The number of hydrogen-bond acceptors (Lipinski definition) is 6. The summed E-state index contributed by atoms with van der Waals surface area (Å²) in [6.07, 6.45) is 6.71. The first kappa shape index (κ1) is 28.1. The van der Waals surface area contributed by atoms with Crippen molar-refractivity contribution in [3.63, 3.8) is 0 Å². The van der Waals surface area contributed by atoms with Crippen LogP contribution in [0.25, 0.3) is 0 Å². The second kappa shape index (κ2) is 14.3. The van der Waals surface area contributed by atoms with Gasteiger partial charge in [-0.2, -0.15) is 0 Å². The molecule has 2 aromatic carbocycles. The molecule has 8 nitrogen and oxygen atoms in total. The Balaban J connectivity index is 1.32. The molecule has 206 valence electrons. The van der Waals surface area contributed by atoms with Crippen LogP contribution in [0.15, 0.2) is 85.2 Å². The largest absolute Gasteiger partial charge is 0.445 e. The molecule has 0 saturated heterocycles. The Hall–Kier alpha value is -3.91. The van der Waals surface area contributed by atoms with Crippen LogP contribution in [0.2, 0.25) is 0 Å². The predicted molar refractivity (Wildman–Crippen MR) is 148 cm³/mol. The molecule has 2 atom stereocenters. The Labute approximate surface area is 229 Å². The maximum atomic E-state index is 13.1. The number of nitrogens with one attached hydrogen (secondary N) is 2. The van der Waals surface area contributed by atoms with Crippen molar-refractivity contribution in [1.29, 1.82) is 0 Å². The molecular weight excluding hydrogens is 494 g/mol. The van der Waals surface area contributed by atoms with Gasteiger partial charge < -0.3 is 19.9 Å². The minimum Gasteiger partial charge on any atom is -0.445 e. The normalized spacial score (nSPS) is 15.6. The first-order chi connectivity index (χ1) is 19.0. The molecule has 39 heavy (non-hydrogen) atoms. The number of pyridine rings is 1. The summed E-state index contributed by atoms with van der Waals surface area (Å²) in [5.41, 5.74) is 1.74. The SMILES string of the molecule is O=C(NC1(OC(=O)NC(CC(O)CCCc2ccccc2)c2ccccc2)CCCC1)OCc1cccnc1. The third kappa shape index (κ3) is 9.11. The number of aromatic nitrogens is 1. The van der Waals surface area contributed by atoms with E-state index in [2.05, 4.69) is 27.8 Å². The smallest absolute Gasteiger partial charge is 0.410 e. The molecule has 1 aromatic heterocycles. The van der Waals surface area contributed by atoms with Crippen LogP contribution in [0, 0.1) is 0 Å². The minimum absolute atomic E-state index is 0.0696. The van der Waals surface area contributed by atoms with Crippen LogP contribution < -0.4 is 10.6 Å². The van der Waals surface area contributed by atoms with E-state index in [0.717, 1.165) is 36.8 Å². The molecule has 4 rings (SSSR count). The lowest BCUT2D eigenvalue weighted by atomic mass is 9.97. The number of benzene rings is 2. The van der Waals surface area contributed by atoms with Crippen molar-refractivity contribution in [1.82, 2.24) is 15.6 Å². The summed E-state index contributed by atoms with van der Waals surface area (Å²) in [5.74, 6) is 0. The zero-order valence-electron chi connectivity index (χ0n) is 22.1. The van der Waals surface area contributed by atoms with E-state index in [0.29, 0.717) is 25.7 Å². The van der Waals surface area contributed by atoms with Gasteiger partial charge in [0, 0.05) is 30.8 Å². The van der Waals surface area contributed by atoms with Gasteiger partial charge in [-0.1, -0.05) is 66.7 Å². The summed E-state index contributed by atoms with van der Waals surface area (Å²) in [6, 6.07) is 22.9. The number of amides is 2. The zero-order chi connectivity index (χ0) is 27.3. The molecule has 1 fully saturated rings. The van der Waals surface area contributed by atoms with Crippen LogP contribution in [0.5, 0.6) is 0 Å². The van der Waals surface area contributed by atoms with Crippen molar-refractivity contribution in [2.45, 2.75) is 75.8 Å². The van der Waals surface area contributed by atoms with E-state index in [1.54, 1.807) is 18.5 Å². The number of carbonyl (C=O) groups excluding carboxylic acids is 2. The van der Waals surface area contributed by atoms with Gasteiger partial charge in [0.05, 0.1) is 12.1 Å². The molecule has 0 radical (unpaired) electrons. The van der Waals surface area contributed by atoms with Gasteiger partial charge in [0.1, 0.15) is 6.61 Å². The standard InChI is InChI=1S/C31H37N3O5/c35-27(17-9-13-24-11-3-1-4-12-24)21-28(26-15-5-2-6-16-26)33-29(36)39-31(18-7-8-19-31)34-30(37)38-23-25-14-10-20-32-22-25/h1-6,10-12,14-16,20,22,27-28,35H,7-9,13,17-19,21,23H2,(H,33,36)(H,34,37). The molecule has 2 amide bonds. The first-order valence-electron chi connectivity index (χ1n) is 13.6. The Bertz CT molecular complexity index is 1150. The Kier molecular flexibility index (Phi) is 10.3. The lowest BCUT2D eigenvalue weighted by Crippen LogP contribution is -2.51. The number of carbonyl (C=O) groups is 2. The average Bonchev–Trinajstić information content (AvgIpc) is 3.40. The number of nitrogens with zero attached hydrogens (tertiary/aromatic N) is 1. The Morgan fingerprint density at radius 2 is 1.62 bits per heavy atom. The molecular formula is C31H37N3O5. The van der Waals surface area contributed by atoms with Crippen LogP contribution in [0.1, 0.15) is 67.7 Å². The van der Waals surface area contributed by atoms with E-state index in [1.807, 2.05) is 54.6 Å². The third-order valence-electron chi connectivity index (χ3n) is 6.97.